The summed E-state index contributed by atoms with van der Waals surface area (Å²) < 4.78 is 1.17. The van der Waals surface area contributed by atoms with Crippen molar-refractivity contribution in [2.75, 3.05) is 11.9 Å². The third kappa shape index (κ3) is 3.03. The molecule has 1 saturated carbocycles. The fourth-order valence-corrected chi connectivity index (χ4v) is 2.49. The Bertz CT molecular complexity index is 455. The lowest BCUT2D eigenvalue weighted by Crippen LogP contribution is -2.28. The largest absolute Gasteiger partial charge is 0.394 e. The highest BCUT2D eigenvalue weighted by Crippen LogP contribution is 2.23. The molecule has 0 spiro atoms. The number of halogens is 1. The van der Waals surface area contributed by atoms with E-state index in [4.69, 9.17) is 16.7 Å². The van der Waals surface area contributed by atoms with Crippen molar-refractivity contribution < 1.29 is 5.11 Å². The van der Waals surface area contributed by atoms with Crippen molar-refractivity contribution in [3.05, 3.63) is 21.6 Å². The van der Waals surface area contributed by atoms with Gasteiger partial charge in [0.05, 0.1) is 25.0 Å². The molecule has 0 aliphatic heterocycles. The molecule has 1 aliphatic carbocycles. The van der Waals surface area contributed by atoms with Crippen molar-refractivity contribution in [3.63, 3.8) is 0 Å². The van der Waals surface area contributed by atoms with Crippen LogP contribution in [0.2, 0.25) is 5.02 Å². The SMILES string of the molecule is O=c1c(Cl)c(NC2CCCCC2)cnn1CCO. The molecule has 2 rings (SSSR count). The van der Waals surface area contributed by atoms with Crippen molar-refractivity contribution in [1.29, 1.82) is 0 Å². The Morgan fingerprint density at radius 1 is 1.44 bits per heavy atom. The van der Waals surface area contributed by atoms with Crippen molar-refractivity contribution >= 4 is 17.3 Å². The van der Waals surface area contributed by atoms with Gasteiger partial charge in [0.2, 0.25) is 0 Å². The minimum absolute atomic E-state index is 0.126. The molecular weight excluding hydrogens is 254 g/mol. The van der Waals surface area contributed by atoms with E-state index in [2.05, 4.69) is 10.4 Å². The maximum atomic E-state index is 11.8. The van der Waals surface area contributed by atoms with Gasteiger partial charge < -0.3 is 10.4 Å². The van der Waals surface area contributed by atoms with E-state index in [1.54, 1.807) is 6.20 Å². The van der Waals surface area contributed by atoms with Gasteiger partial charge in [-0.2, -0.15) is 5.10 Å². The van der Waals surface area contributed by atoms with Gasteiger partial charge in [0, 0.05) is 6.04 Å². The number of aliphatic hydroxyl groups is 1. The summed E-state index contributed by atoms with van der Waals surface area (Å²) in [4.78, 5) is 11.8. The highest BCUT2D eigenvalue weighted by molar-refractivity contribution is 6.32. The van der Waals surface area contributed by atoms with Crippen LogP contribution in [0.4, 0.5) is 5.69 Å². The van der Waals surface area contributed by atoms with E-state index in [1.807, 2.05) is 0 Å². The molecule has 18 heavy (non-hydrogen) atoms. The summed E-state index contributed by atoms with van der Waals surface area (Å²) in [6, 6.07) is 0.381. The molecule has 100 valence electrons. The molecule has 0 aromatic carbocycles. The van der Waals surface area contributed by atoms with Gasteiger partial charge in [0.1, 0.15) is 5.02 Å². The van der Waals surface area contributed by atoms with Gasteiger partial charge in [-0.05, 0) is 12.8 Å². The molecule has 0 atom stereocenters. The number of hydrogen-bond acceptors (Lipinski definition) is 4. The topological polar surface area (TPSA) is 67.2 Å². The number of nitrogens with zero attached hydrogens (tertiary/aromatic N) is 2. The van der Waals surface area contributed by atoms with E-state index in [9.17, 15) is 4.79 Å². The van der Waals surface area contributed by atoms with E-state index < -0.39 is 0 Å². The number of aromatic nitrogens is 2. The summed E-state index contributed by atoms with van der Waals surface area (Å²) in [5.41, 5.74) is 0.245. The van der Waals surface area contributed by atoms with Gasteiger partial charge in [0.15, 0.2) is 0 Å². The van der Waals surface area contributed by atoms with Crippen LogP contribution in [0.15, 0.2) is 11.0 Å². The average molecular weight is 272 g/mol. The lowest BCUT2D eigenvalue weighted by molar-refractivity contribution is 0.266. The first kappa shape index (κ1) is 13.4. The van der Waals surface area contributed by atoms with Crippen molar-refractivity contribution in [3.8, 4) is 0 Å². The molecule has 0 unspecified atom stereocenters. The predicted molar refractivity (Wildman–Crippen MR) is 71.1 cm³/mol. The number of aliphatic hydroxyl groups excluding tert-OH is 1. The third-order valence-electron chi connectivity index (χ3n) is 3.26. The fraction of sp³-hybridized carbons (Fsp3) is 0.667. The monoisotopic (exact) mass is 271 g/mol. The fourth-order valence-electron chi connectivity index (χ4n) is 2.29. The summed E-state index contributed by atoms with van der Waals surface area (Å²) >= 11 is 6.04. The minimum atomic E-state index is -0.355. The molecule has 0 bridgehead atoms. The molecule has 0 saturated heterocycles. The lowest BCUT2D eigenvalue weighted by Gasteiger charge is -2.24. The van der Waals surface area contributed by atoms with Crippen molar-refractivity contribution in [1.82, 2.24) is 9.78 Å². The molecule has 1 aliphatic rings. The molecule has 0 radical (unpaired) electrons. The molecule has 1 heterocycles. The normalized spacial score (nSPS) is 16.8. The molecule has 6 heteroatoms. The van der Waals surface area contributed by atoms with Gasteiger partial charge in [-0.25, -0.2) is 4.68 Å². The first-order valence-corrected chi connectivity index (χ1v) is 6.73. The third-order valence-corrected chi connectivity index (χ3v) is 3.63. The second-order valence-corrected chi connectivity index (χ2v) is 4.98. The van der Waals surface area contributed by atoms with Crippen LogP contribution in [-0.4, -0.2) is 27.5 Å². The van der Waals surface area contributed by atoms with Crippen LogP contribution in [-0.2, 0) is 6.54 Å². The summed E-state index contributed by atoms with van der Waals surface area (Å²) in [5.74, 6) is 0. The summed E-state index contributed by atoms with van der Waals surface area (Å²) in [6.45, 7) is 0.0426. The Morgan fingerprint density at radius 3 is 2.83 bits per heavy atom. The van der Waals surface area contributed by atoms with Crippen LogP contribution in [0.1, 0.15) is 32.1 Å². The zero-order valence-electron chi connectivity index (χ0n) is 10.2. The smallest absolute Gasteiger partial charge is 0.287 e. The second kappa shape index (κ2) is 6.20. The zero-order valence-corrected chi connectivity index (χ0v) is 11.0. The minimum Gasteiger partial charge on any atom is -0.394 e. The molecule has 0 amide bonds. The van der Waals surface area contributed by atoms with E-state index in [-0.39, 0.29) is 23.7 Å². The van der Waals surface area contributed by atoms with E-state index >= 15 is 0 Å². The molecule has 1 aromatic rings. The number of nitrogens with one attached hydrogen (secondary N) is 1. The van der Waals surface area contributed by atoms with Gasteiger partial charge in [-0.15, -0.1) is 0 Å². The Kier molecular flexibility index (Phi) is 4.60. The zero-order chi connectivity index (χ0) is 13.0. The quantitative estimate of drug-likeness (QED) is 0.874. The predicted octanol–water partition coefficient (Wildman–Crippen LogP) is 1.63. The van der Waals surface area contributed by atoms with Crippen LogP contribution in [0, 0.1) is 0 Å². The first-order chi connectivity index (χ1) is 8.72. The van der Waals surface area contributed by atoms with Crippen LogP contribution in [0.3, 0.4) is 0 Å². The van der Waals surface area contributed by atoms with Crippen molar-refractivity contribution in [2.45, 2.75) is 44.7 Å². The first-order valence-electron chi connectivity index (χ1n) is 6.35. The summed E-state index contributed by atoms with van der Waals surface area (Å²) in [5, 5.41) is 16.2. The van der Waals surface area contributed by atoms with Crippen LogP contribution in [0.5, 0.6) is 0 Å². The Morgan fingerprint density at radius 2 is 2.17 bits per heavy atom. The van der Waals surface area contributed by atoms with Crippen LogP contribution in [0.25, 0.3) is 0 Å². The van der Waals surface area contributed by atoms with Gasteiger partial charge in [-0.1, -0.05) is 30.9 Å². The highest BCUT2D eigenvalue weighted by atomic mass is 35.5. The maximum absolute atomic E-state index is 11.8. The average Bonchev–Trinajstić information content (AvgIpc) is 2.40. The Balaban J connectivity index is 2.13. The van der Waals surface area contributed by atoms with Gasteiger partial charge in [0.25, 0.3) is 5.56 Å². The summed E-state index contributed by atoms with van der Waals surface area (Å²) in [6.07, 6.45) is 7.48. The Labute approximate surface area is 111 Å². The maximum Gasteiger partial charge on any atom is 0.287 e. The van der Waals surface area contributed by atoms with Crippen molar-refractivity contribution in [2.24, 2.45) is 0 Å². The molecule has 2 N–H and O–H groups in total. The lowest BCUT2D eigenvalue weighted by atomic mass is 9.95. The summed E-state index contributed by atoms with van der Waals surface area (Å²) in [7, 11) is 0. The molecular formula is C12H18ClN3O2. The highest BCUT2D eigenvalue weighted by Gasteiger charge is 2.16. The van der Waals surface area contributed by atoms with Gasteiger partial charge in [-0.3, -0.25) is 4.79 Å². The van der Waals surface area contributed by atoms with Gasteiger partial charge >= 0.3 is 0 Å². The number of anilines is 1. The molecule has 1 fully saturated rings. The number of rotatable bonds is 4. The molecule has 5 nitrogen and oxygen atoms in total. The van der Waals surface area contributed by atoms with E-state index in [0.717, 1.165) is 12.8 Å². The Hall–Kier alpha value is -1.07. The van der Waals surface area contributed by atoms with E-state index in [1.165, 1.54) is 23.9 Å². The standard InChI is InChI=1S/C12H18ClN3O2/c13-11-10(15-9-4-2-1-3-5-9)8-14-16(6-7-17)12(11)18/h8-9,15,17H,1-7H2. The molecule has 1 aromatic heterocycles. The van der Waals surface area contributed by atoms with E-state index in [0.29, 0.717) is 11.7 Å². The van der Waals surface area contributed by atoms with Crippen LogP contribution >= 0.6 is 11.6 Å². The van der Waals surface area contributed by atoms with Crippen LogP contribution < -0.4 is 10.9 Å². The number of hydrogen-bond donors (Lipinski definition) is 2. The second-order valence-electron chi connectivity index (χ2n) is 4.60.